The summed E-state index contributed by atoms with van der Waals surface area (Å²) in [6.45, 7) is 6.41. The number of rotatable bonds is 7. The number of para-hydroxylation sites is 1. The molecule has 5 heteroatoms. The van der Waals surface area contributed by atoms with Gasteiger partial charge in [-0.05, 0) is 35.6 Å². The van der Waals surface area contributed by atoms with E-state index in [1.807, 2.05) is 24.3 Å². The second kappa shape index (κ2) is 8.91. The van der Waals surface area contributed by atoms with Gasteiger partial charge in [-0.15, -0.1) is 0 Å². The molecule has 1 heterocycles. The van der Waals surface area contributed by atoms with Gasteiger partial charge in [0, 0.05) is 12.0 Å². The molecule has 1 aliphatic heterocycles. The first-order valence-corrected chi connectivity index (χ1v) is 9.79. The summed E-state index contributed by atoms with van der Waals surface area (Å²) < 4.78 is 5.38. The van der Waals surface area contributed by atoms with Crippen molar-refractivity contribution in [2.45, 2.75) is 51.7 Å². The van der Waals surface area contributed by atoms with E-state index in [4.69, 9.17) is 9.57 Å². The van der Waals surface area contributed by atoms with Gasteiger partial charge in [0.2, 0.25) is 6.10 Å². The number of methoxy groups -OCH3 is 1. The molecule has 2 unspecified atom stereocenters. The quantitative estimate of drug-likeness (QED) is 0.765. The average molecular weight is 380 g/mol. The minimum atomic E-state index is -0.621. The fraction of sp³-hybridized carbons (Fsp3) is 0.391. The van der Waals surface area contributed by atoms with Gasteiger partial charge in [0.15, 0.2) is 0 Å². The number of amides is 1. The molecule has 1 amide bonds. The third kappa shape index (κ3) is 4.35. The molecule has 148 valence electrons. The van der Waals surface area contributed by atoms with Gasteiger partial charge in [0.25, 0.3) is 5.91 Å². The molecular weight excluding hydrogens is 352 g/mol. The number of benzene rings is 2. The Morgan fingerprint density at radius 2 is 1.86 bits per heavy atom. The SMILES string of the molecule is CCC(NC(=O)C1CC(c2ccccc2OC)=NO1)c1ccc(C(C)C)cc1. The maximum atomic E-state index is 12.8. The molecule has 1 N–H and O–H groups in total. The van der Waals surface area contributed by atoms with Crippen LogP contribution in [0.1, 0.15) is 62.3 Å². The van der Waals surface area contributed by atoms with Crippen LogP contribution < -0.4 is 10.1 Å². The van der Waals surface area contributed by atoms with Crippen LogP contribution in [-0.2, 0) is 9.63 Å². The maximum absolute atomic E-state index is 12.8. The molecule has 3 rings (SSSR count). The van der Waals surface area contributed by atoms with E-state index < -0.39 is 6.10 Å². The summed E-state index contributed by atoms with van der Waals surface area (Å²) >= 11 is 0. The molecule has 2 aromatic carbocycles. The maximum Gasteiger partial charge on any atom is 0.264 e. The van der Waals surface area contributed by atoms with Crippen molar-refractivity contribution < 1.29 is 14.4 Å². The van der Waals surface area contributed by atoms with E-state index in [0.717, 1.165) is 29.0 Å². The van der Waals surface area contributed by atoms with E-state index in [0.29, 0.717) is 12.3 Å². The van der Waals surface area contributed by atoms with Crippen molar-refractivity contribution >= 4 is 11.6 Å². The molecule has 0 aliphatic carbocycles. The summed E-state index contributed by atoms with van der Waals surface area (Å²) in [6.07, 6.45) is 0.609. The molecule has 1 aliphatic rings. The van der Waals surface area contributed by atoms with Crippen LogP contribution in [0.25, 0.3) is 0 Å². The van der Waals surface area contributed by atoms with Crippen LogP contribution in [-0.4, -0.2) is 24.8 Å². The standard InChI is InChI=1S/C23H28N2O3/c1-5-19(17-12-10-16(11-13-17)15(2)3)24-23(26)22-14-20(25-28-22)18-8-6-7-9-21(18)27-4/h6-13,15,19,22H,5,14H2,1-4H3,(H,24,26). The number of nitrogens with zero attached hydrogens (tertiary/aromatic N) is 1. The number of hydrogen-bond donors (Lipinski definition) is 1. The van der Waals surface area contributed by atoms with Crippen molar-refractivity contribution in [3.8, 4) is 5.75 Å². The third-order valence-electron chi connectivity index (χ3n) is 5.11. The van der Waals surface area contributed by atoms with Crippen LogP contribution in [0.2, 0.25) is 0 Å². The highest BCUT2D eigenvalue weighted by molar-refractivity contribution is 6.05. The van der Waals surface area contributed by atoms with E-state index in [2.05, 4.69) is 55.5 Å². The summed E-state index contributed by atoms with van der Waals surface area (Å²) in [6, 6.07) is 16.0. The first-order valence-electron chi connectivity index (χ1n) is 9.79. The average Bonchev–Trinajstić information content (AvgIpc) is 3.22. The predicted molar refractivity (Wildman–Crippen MR) is 111 cm³/mol. The number of carbonyl (C=O) groups is 1. The Hall–Kier alpha value is -2.82. The second-order valence-electron chi connectivity index (χ2n) is 7.33. The number of ether oxygens (including phenoxy) is 1. The fourth-order valence-electron chi connectivity index (χ4n) is 3.36. The van der Waals surface area contributed by atoms with Crippen molar-refractivity contribution in [2.75, 3.05) is 7.11 Å². The summed E-state index contributed by atoms with van der Waals surface area (Å²) in [7, 11) is 1.62. The lowest BCUT2D eigenvalue weighted by atomic mass is 9.97. The number of carbonyl (C=O) groups excluding carboxylic acids is 1. The highest BCUT2D eigenvalue weighted by Crippen LogP contribution is 2.26. The molecule has 5 nitrogen and oxygen atoms in total. The van der Waals surface area contributed by atoms with Gasteiger partial charge in [-0.1, -0.05) is 62.3 Å². The zero-order valence-electron chi connectivity index (χ0n) is 16.9. The summed E-state index contributed by atoms with van der Waals surface area (Å²) in [4.78, 5) is 18.2. The molecule has 0 saturated carbocycles. The Labute approximate surface area is 166 Å². The molecule has 0 spiro atoms. The zero-order valence-corrected chi connectivity index (χ0v) is 16.9. The van der Waals surface area contributed by atoms with E-state index >= 15 is 0 Å². The Bertz CT molecular complexity index is 843. The normalized spacial score (nSPS) is 17.0. The Balaban J connectivity index is 1.64. The van der Waals surface area contributed by atoms with Crippen LogP contribution in [0.5, 0.6) is 5.75 Å². The minimum absolute atomic E-state index is 0.0485. The van der Waals surface area contributed by atoms with Gasteiger partial charge in [0.05, 0.1) is 18.9 Å². The van der Waals surface area contributed by atoms with Crippen LogP contribution in [0.3, 0.4) is 0 Å². The predicted octanol–water partition coefficient (Wildman–Crippen LogP) is 4.58. The van der Waals surface area contributed by atoms with Crippen LogP contribution in [0.15, 0.2) is 53.7 Å². The molecule has 2 aromatic rings. The van der Waals surface area contributed by atoms with Crippen molar-refractivity contribution in [3.63, 3.8) is 0 Å². The molecule has 28 heavy (non-hydrogen) atoms. The lowest BCUT2D eigenvalue weighted by molar-refractivity contribution is -0.132. The largest absolute Gasteiger partial charge is 0.496 e. The zero-order chi connectivity index (χ0) is 20.1. The number of oxime groups is 1. The van der Waals surface area contributed by atoms with Gasteiger partial charge in [0.1, 0.15) is 5.75 Å². The van der Waals surface area contributed by atoms with Gasteiger partial charge in [-0.2, -0.15) is 0 Å². The van der Waals surface area contributed by atoms with Crippen molar-refractivity contribution in [1.82, 2.24) is 5.32 Å². The minimum Gasteiger partial charge on any atom is -0.496 e. The molecule has 0 bridgehead atoms. The number of nitrogens with one attached hydrogen (secondary N) is 1. The lowest BCUT2D eigenvalue weighted by Crippen LogP contribution is -2.37. The topological polar surface area (TPSA) is 59.9 Å². The first kappa shape index (κ1) is 19.9. The molecule has 2 atom stereocenters. The van der Waals surface area contributed by atoms with Gasteiger partial charge in [-0.25, -0.2) is 0 Å². The van der Waals surface area contributed by atoms with Crippen molar-refractivity contribution in [1.29, 1.82) is 0 Å². The van der Waals surface area contributed by atoms with Gasteiger partial charge < -0.3 is 14.9 Å². The smallest absolute Gasteiger partial charge is 0.264 e. The number of hydrogen-bond acceptors (Lipinski definition) is 4. The van der Waals surface area contributed by atoms with Gasteiger partial charge >= 0.3 is 0 Å². The van der Waals surface area contributed by atoms with Gasteiger partial charge in [-0.3, -0.25) is 4.79 Å². The second-order valence-corrected chi connectivity index (χ2v) is 7.33. The molecule has 0 fully saturated rings. The Morgan fingerprint density at radius 3 is 2.50 bits per heavy atom. The van der Waals surface area contributed by atoms with E-state index in [9.17, 15) is 4.79 Å². The van der Waals surface area contributed by atoms with Crippen LogP contribution in [0, 0.1) is 0 Å². The third-order valence-corrected chi connectivity index (χ3v) is 5.11. The first-order chi connectivity index (χ1) is 13.5. The molecular formula is C23H28N2O3. The molecule has 0 saturated heterocycles. The highest BCUT2D eigenvalue weighted by atomic mass is 16.6. The lowest BCUT2D eigenvalue weighted by Gasteiger charge is -2.20. The van der Waals surface area contributed by atoms with Crippen LogP contribution >= 0.6 is 0 Å². The van der Waals surface area contributed by atoms with E-state index in [-0.39, 0.29) is 11.9 Å². The molecule has 0 radical (unpaired) electrons. The monoisotopic (exact) mass is 380 g/mol. The van der Waals surface area contributed by atoms with Crippen LogP contribution in [0.4, 0.5) is 0 Å². The Kier molecular flexibility index (Phi) is 6.34. The summed E-state index contributed by atoms with van der Waals surface area (Å²) in [5.41, 5.74) is 3.98. The fourth-order valence-corrected chi connectivity index (χ4v) is 3.36. The Morgan fingerprint density at radius 1 is 1.18 bits per heavy atom. The van der Waals surface area contributed by atoms with Crippen molar-refractivity contribution in [3.05, 3.63) is 65.2 Å². The summed E-state index contributed by atoms with van der Waals surface area (Å²) in [5, 5.41) is 7.24. The molecule has 0 aromatic heterocycles. The van der Waals surface area contributed by atoms with E-state index in [1.54, 1.807) is 7.11 Å². The highest BCUT2D eigenvalue weighted by Gasteiger charge is 2.31. The van der Waals surface area contributed by atoms with Crippen molar-refractivity contribution in [2.24, 2.45) is 5.16 Å². The summed E-state index contributed by atoms with van der Waals surface area (Å²) in [5.74, 6) is 1.07. The van der Waals surface area contributed by atoms with E-state index in [1.165, 1.54) is 5.56 Å².